The first-order valence-corrected chi connectivity index (χ1v) is 13.1. The third kappa shape index (κ3) is 5.28. The number of nitrogens with one attached hydrogen (secondary N) is 3. The van der Waals surface area contributed by atoms with Crippen LogP contribution in [0.4, 0.5) is 14.6 Å². The summed E-state index contributed by atoms with van der Waals surface area (Å²) in [6.07, 6.45) is 2.71. The average molecular weight is 533 g/mol. The van der Waals surface area contributed by atoms with Crippen LogP contribution in [0.25, 0.3) is 0 Å². The van der Waals surface area contributed by atoms with Crippen LogP contribution >= 0.6 is 11.6 Å². The topological polar surface area (TPSA) is 89.6 Å². The zero-order valence-corrected chi connectivity index (χ0v) is 21.5. The molecule has 0 saturated carbocycles. The molecule has 4 heterocycles. The van der Waals surface area contributed by atoms with E-state index in [0.29, 0.717) is 51.1 Å². The number of hydrazine groups is 1. The Hall–Kier alpha value is -2.82. The molecule has 2 unspecified atom stereocenters. The van der Waals surface area contributed by atoms with Crippen molar-refractivity contribution in [1.82, 2.24) is 25.6 Å². The summed E-state index contributed by atoms with van der Waals surface area (Å²) in [7, 11) is 0. The Labute approximate surface area is 219 Å². The number of hydrogen-bond acceptors (Lipinski definition) is 6. The van der Waals surface area contributed by atoms with E-state index in [1.165, 1.54) is 18.2 Å². The van der Waals surface area contributed by atoms with Gasteiger partial charge in [-0.15, -0.1) is 0 Å². The predicted octanol–water partition coefficient (Wildman–Crippen LogP) is 3.34. The number of nitrogens with zero attached hydrogens (tertiary/aromatic N) is 3. The number of likely N-dealkylation sites (tertiary alicyclic amines) is 2. The molecule has 3 saturated heterocycles. The quantitative estimate of drug-likeness (QED) is 0.529. The monoisotopic (exact) mass is 532 g/mol. The summed E-state index contributed by atoms with van der Waals surface area (Å²) in [6.45, 7) is 4.04. The molecule has 37 heavy (non-hydrogen) atoms. The number of carbonyl (C=O) groups is 2. The van der Waals surface area contributed by atoms with Gasteiger partial charge in [0, 0.05) is 44.3 Å². The third-order valence-corrected chi connectivity index (χ3v) is 7.91. The van der Waals surface area contributed by atoms with Crippen molar-refractivity contribution in [2.24, 2.45) is 5.41 Å². The third-order valence-electron chi connectivity index (χ3n) is 7.61. The molecule has 0 aliphatic carbocycles. The molecule has 1 aromatic carbocycles. The molecule has 5 rings (SSSR count). The molecule has 3 aliphatic rings. The number of hydrogen-bond donors (Lipinski definition) is 3. The highest BCUT2D eigenvalue weighted by atomic mass is 35.5. The molecule has 3 N–H and O–H groups in total. The average Bonchev–Trinajstić information content (AvgIpc) is 3.26. The van der Waals surface area contributed by atoms with Crippen LogP contribution < -0.4 is 16.2 Å². The van der Waals surface area contributed by atoms with Gasteiger partial charge in [0.1, 0.15) is 0 Å². The Bertz CT molecular complexity index is 1190. The summed E-state index contributed by atoms with van der Waals surface area (Å²) < 4.78 is 29.1. The Morgan fingerprint density at radius 2 is 1.86 bits per heavy atom. The van der Waals surface area contributed by atoms with Gasteiger partial charge in [0.25, 0.3) is 5.91 Å². The number of amides is 2. The van der Waals surface area contributed by atoms with Gasteiger partial charge in [-0.25, -0.2) is 19.2 Å². The largest absolute Gasteiger partial charge is 0.351 e. The number of pyridine rings is 1. The summed E-state index contributed by atoms with van der Waals surface area (Å²) in [6, 6.07) is 7.60. The summed E-state index contributed by atoms with van der Waals surface area (Å²) in [5, 5.41) is 3.00. The van der Waals surface area contributed by atoms with Crippen LogP contribution in [0.5, 0.6) is 0 Å². The van der Waals surface area contributed by atoms with Gasteiger partial charge >= 0.3 is 0 Å². The fourth-order valence-corrected chi connectivity index (χ4v) is 5.48. The summed E-state index contributed by atoms with van der Waals surface area (Å²) in [5.41, 5.74) is 5.93. The zero-order chi connectivity index (χ0) is 26.2. The minimum Gasteiger partial charge on any atom is -0.351 e. The zero-order valence-electron chi connectivity index (χ0n) is 20.7. The molecule has 2 aromatic rings. The standard InChI is InChI=1S/C26H31ClF2N6O2/c1-16-14-21(33-32-16)31-23-20(28)7-6-17(30-23)15-26(25(37)35-10-3-11-35)8-12-34(13-9-26)24(36)18-4-2-5-19(27)22(18)29/h2,4-7,16,21,32-33H,3,8-15H2,1H3,(H,30,31). The lowest BCUT2D eigenvalue weighted by Gasteiger charge is -2.45. The number of piperidine rings is 1. The van der Waals surface area contributed by atoms with Gasteiger partial charge in [0.2, 0.25) is 5.91 Å². The molecule has 198 valence electrons. The molecular formula is C26H31ClF2N6O2. The molecule has 0 bridgehead atoms. The molecular weight excluding hydrogens is 502 g/mol. The summed E-state index contributed by atoms with van der Waals surface area (Å²) >= 11 is 5.87. The minimum atomic E-state index is -0.770. The number of benzene rings is 1. The van der Waals surface area contributed by atoms with Crippen LogP contribution in [-0.4, -0.2) is 65.0 Å². The van der Waals surface area contributed by atoms with E-state index in [1.807, 2.05) is 11.8 Å². The maximum absolute atomic E-state index is 14.6. The van der Waals surface area contributed by atoms with Crippen LogP contribution in [0.15, 0.2) is 30.3 Å². The van der Waals surface area contributed by atoms with Gasteiger partial charge in [0.15, 0.2) is 17.5 Å². The molecule has 0 radical (unpaired) electrons. The minimum absolute atomic E-state index is 0.0379. The first kappa shape index (κ1) is 25.8. The van der Waals surface area contributed by atoms with Crippen molar-refractivity contribution < 1.29 is 18.4 Å². The molecule has 2 amide bonds. The van der Waals surface area contributed by atoms with E-state index in [1.54, 1.807) is 17.0 Å². The predicted molar refractivity (Wildman–Crippen MR) is 136 cm³/mol. The van der Waals surface area contributed by atoms with Gasteiger partial charge in [-0.1, -0.05) is 17.7 Å². The first-order valence-electron chi connectivity index (χ1n) is 12.7. The van der Waals surface area contributed by atoms with Crippen molar-refractivity contribution in [2.75, 3.05) is 31.5 Å². The lowest BCUT2D eigenvalue weighted by Crippen LogP contribution is -2.55. The van der Waals surface area contributed by atoms with Crippen LogP contribution in [0.1, 0.15) is 48.7 Å². The molecule has 2 atom stereocenters. The van der Waals surface area contributed by atoms with Crippen LogP contribution in [0, 0.1) is 17.0 Å². The second kappa shape index (κ2) is 10.5. The maximum atomic E-state index is 14.6. The number of carbonyl (C=O) groups excluding carboxylic acids is 2. The Kier molecular flexibility index (Phi) is 7.33. The number of rotatable bonds is 6. The molecule has 0 spiro atoms. The van der Waals surface area contributed by atoms with Crippen LogP contribution in [0.3, 0.4) is 0 Å². The number of halogens is 3. The second-order valence-corrected chi connectivity index (χ2v) is 10.7. The van der Waals surface area contributed by atoms with Crippen LogP contribution in [0.2, 0.25) is 5.02 Å². The van der Waals surface area contributed by atoms with Crippen LogP contribution in [-0.2, 0) is 11.2 Å². The fourth-order valence-electron chi connectivity index (χ4n) is 5.30. The second-order valence-electron chi connectivity index (χ2n) is 10.3. The van der Waals surface area contributed by atoms with E-state index in [4.69, 9.17) is 11.6 Å². The van der Waals surface area contributed by atoms with Gasteiger partial charge in [-0.2, -0.15) is 0 Å². The SMILES string of the molecule is CC1CC(Nc2nc(CC3(C(=O)N4CCC4)CCN(C(=O)c4cccc(Cl)c4F)CC3)ccc2F)NN1. The normalized spacial score (nSPS) is 23.0. The molecule has 3 fully saturated rings. The van der Waals surface area contributed by atoms with Crippen molar-refractivity contribution in [3.05, 3.63) is 58.2 Å². The van der Waals surface area contributed by atoms with Gasteiger partial charge in [0.05, 0.1) is 22.2 Å². The maximum Gasteiger partial charge on any atom is 0.256 e. The van der Waals surface area contributed by atoms with Crippen molar-refractivity contribution in [3.63, 3.8) is 0 Å². The van der Waals surface area contributed by atoms with E-state index >= 15 is 0 Å². The summed E-state index contributed by atoms with van der Waals surface area (Å²) in [5.74, 6) is -1.46. The van der Waals surface area contributed by atoms with Crippen molar-refractivity contribution in [2.45, 2.75) is 51.2 Å². The van der Waals surface area contributed by atoms with E-state index in [0.717, 1.165) is 12.8 Å². The highest BCUT2D eigenvalue weighted by molar-refractivity contribution is 6.31. The van der Waals surface area contributed by atoms with Crippen molar-refractivity contribution in [3.8, 4) is 0 Å². The Morgan fingerprint density at radius 3 is 2.51 bits per heavy atom. The van der Waals surface area contributed by atoms with E-state index in [9.17, 15) is 18.4 Å². The highest BCUT2D eigenvalue weighted by Gasteiger charge is 2.46. The van der Waals surface area contributed by atoms with Crippen molar-refractivity contribution in [1.29, 1.82) is 0 Å². The lowest BCUT2D eigenvalue weighted by atomic mass is 9.72. The highest BCUT2D eigenvalue weighted by Crippen LogP contribution is 2.39. The first-order chi connectivity index (χ1) is 17.8. The van der Waals surface area contributed by atoms with Gasteiger partial charge in [-0.05, 0) is 56.9 Å². The van der Waals surface area contributed by atoms with E-state index < -0.39 is 23.0 Å². The molecule has 1 aromatic heterocycles. The number of aromatic nitrogens is 1. The Morgan fingerprint density at radius 1 is 1.11 bits per heavy atom. The molecule has 3 aliphatic heterocycles. The van der Waals surface area contributed by atoms with Gasteiger partial charge in [-0.3, -0.25) is 15.0 Å². The van der Waals surface area contributed by atoms with Gasteiger partial charge < -0.3 is 15.1 Å². The summed E-state index contributed by atoms with van der Waals surface area (Å²) in [4.78, 5) is 34.6. The number of anilines is 1. The molecule has 11 heteroatoms. The fraction of sp³-hybridized carbons (Fsp3) is 0.500. The van der Waals surface area contributed by atoms with E-state index in [2.05, 4.69) is 21.2 Å². The van der Waals surface area contributed by atoms with Crippen molar-refractivity contribution >= 4 is 29.2 Å². The molecule has 8 nitrogen and oxygen atoms in total. The smallest absolute Gasteiger partial charge is 0.256 e. The Balaban J connectivity index is 1.34. The lowest BCUT2D eigenvalue weighted by molar-refractivity contribution is -0.148. The van der Waals surface area contributed by atoms with E-state index in [-0.39, 0.29) is 34.5 Å².